The second kappa shape index (κ2) is 6.30. The molecule has 1 aromatic heterocycles. The molecule has 3 nitrogen and oxygen atoms in total. The molecule has 0 aliphatic carbocycles. The molecule has 2 N–H and O–H groups in total. The smallest absolute Gasteiger partial charge is 0.110 e. The van der Waals surface area contributed by atoms with Crippen LogP contribution >= 0.6 is 36.4 Å². The van der Waals surface area contributed by atoms with Gasteiger partial charge < -0.3 is 10.3 Å². The molecule has 0 amide bonds. The van der Waals surface area contributed by atoms with Crippen LogP contribution in [0.5, 0.6) is 0 Å². The van der Waals surface area contributed by atoms with Gasteiger partial charge in [0.15, 0.2) is 0 Å². The van der Waals surface area contributed by atoms with Crippen LogP contribution in [0.3, 0.4) is 0 Å². The van der Waals surface area contributed by atoms with Gasteiger partial charge in [-0.2, -0.15) is 0 Å². The Kier molecular flexibility index (Phi) is 6.11. The van der Waals surface area contributed by atoms with E-state index in [0.29, 0.717) is 6.54 Å². The third-order valence-electron chi connectivity index (χ3n) is 2.30. The molecule has 1 aromatic carbocycles. The van der Waals surface area contributed by atoms with Crippen LogP contribution in [0.15, 0.2) is 18.2 Å². The van der Waals surface area contributed by atoms with Crippen molar-refractivity contribution in [2.75, 3.05) is 6.54 Å². The van der Waals surface area contributed by atoms with Crippen molar-refractivity contribution in [2.24, 2.45) is 12.8 Å². The van der Waals surface area contributed by atoms with Crippen LogP contribution in [-0.2, 0) is 13.5 Å². The third kappa shape index (κ3) is 2.80. The van der Waals surface area contributed by atoms with Crippen molar-refractivity contribution in [3.05, 3.63) is 29.0 Å². The van der Waals surface area contributed by atoms with Gasteiger partial charge in [0.2, 0.25) is 0 Å². The Labute approximate surface area is 112 Å². The topological polar surface area (TPSA) is 43.8 Å². The van der Waals surface area contributed by atoms with E-state index in [2.05, 4.69) is 9.55 Å². The molecule has 0 fully saturated rings. The molecule has 0 aliphatic heterocycles. The summed E-state index contributed by atoms with van der Waals surface area (Å²) < 4.78 is 2.05. The van der Waals surface area contributed by atoms with Crippen LogP contribution in [0.25, 0.3) is 11.0 Å². The summed E-state index contributed by atoms with van der Waals surface area (Å²) in [6.45, 7) is 0.616. The van der Waals surface area contributed by atoms with E-state index in [1.165, 1.54) is 0 Å². The lowest BCUT2D eigenvalue weighted by Crippen LogP contribution is -2.07. The first-order chi connectivity index (χ1) is 6.72. The van der Waals surface area contributed by atoms with Gasteiger partial charge in [0.25, 0.3) is 0 Å². The maximum atomic E-state index is 5.88. The molecule has 2 aromatic rings. The number of imidazole rings is 1. The second-order valence-electron chi connectivity index (χ2n) is 3.26. The monoisotopic (exact) mass is 281 g/mol. The predicted octanol–water partition coefficient (Wildman–Crippen LogP) is 2.57. The number of halogens is 3. The number of hydrogen-bond acceptors (Lipinski definition) is 2. The van der Waals surface area contributed by atoms with Gasteiger partial charge in [-0.25, -0.2) is 4.98 Å². The average molecular weight is 283 g/mol. The van der Waals surface area contributed by atoms with Gasteiger partial charge in [0, 0.05) is 18.5 Å². The van der Waals surface area contributed by atoms with E-state index in [-0.39, 0.29) is 24.8 Å². The van der Waals surface area contributed by atoms with E-state index in [0.717, 1.165) is 28.3 Å². The minimum Gasteiger partial charge on any atom is -0.331 e. The number of fused-ring (bicyclic) bond motifs is 1. The largest absolute Gasteiger partial charge is 0.331 e. The summed E-state index contributed by atoms with van der Waals surface area (Å²) in [5.74, 6) is 1.00. The fraction of sp³-hybridized carbons (Fsp3) is 0.300. The van der Waals surface area contributed by atoms with Gasteiger partial charge in [-0.05, 0) is 24.7 Å². The highest BCUT2D eigenvalue weighted by atomic mass is 35.5. The number of hydrogen-bond donors (Lipinski definition) is 1. The number of benzene rings is 1. The lowest BCUT2D eigenvalue weighted by Gasteiger charge is -1.99. The molecule has 0 atom stereocenters. The summed E-state index contributed by atoms with van der Waals surface area (Å²) in [5, 5.41) is 0.717. The lowest BCUT2D eigenvalue weighted by molar-refractivity contribution is 0.794. The van der Waals surface area contributed by atoms with Gasteiger partial charge in [-0.15, -0.1) is 24.8 Å². The van der Waals surface area contributed by atoms with E-state index in [1.54, 1.807) is 0 Å². The average Bonchev–Trinajstić information content (AvgIpc) is 2.44. The highest BCUT2D eigenvalue weighted by molar-refractivity contribution is 6.31. The van der Waals surface area contributed by atoms with Gasteiger partial charge in [-0.1, -0.05) is 11.6 Å². The Hall–Kier alpha value is -0.480. The van der Waals surface area contributed by atoms with Crippen molar-refractivity contribution >= 4 is 47.4 Å². The maximum absolute atomic E-state index is 5.88. The molecule has 1 heterocycles. The molecule has 16 heavy (non-hydrogen) atoms. The standard InChI is InChI=1S/C10H12ClN3.2ClH/c1-14-9-3-2-7(11)6-8(9)13-10(14)4-5-12;;/h2-3,6H,4-5,12H2,1H3;2*1H. The van der Waals surface area contributed by atoms with Crippen molar-refractivity contribution in [3.63, 3.8) is 0 Å². The molecule has 0 saturated heterocycles. The molecule has 0 bridgehead atoms. The van der Waals surface area contributed by atoms with Crippen LogP contribution < -0.4 is 5.73 Å². The minimum atomic E-state index is 0. The highest BCUT2D eigenvalue weighted by Crippen LogP contribution is 2.19. The molecule has 6 heteroatoms. The van der Waals surface area contributed by atoms with Crippen molar-refractivity contribution in [2.45, 2.75) is 6.42 Å². The first-order valence-electron chi connectivity index (χ1n) is 4.53. The number of nitrogens with two attached hydrogens (primary N) is 1. The summed E-state index contributed by atoms with van der Waals surface area (Å²) in [5.41, 5.74) is 7.53. The fourth-order valence-corrected chi connectivity index (χ4v) is 1.74. The Morgan fingerprint density at radius 3 is 2.69 bits per heavy atom. The Balaban J connectivity index is 0.00000112. The summed E-state index contributed by atoms with van der Waals surface area (Å²) in [7, 11) is 1.99. The summed E-state index contributed by atoms with van der Waals surface area (Å²) >= 11 is 5.88. The maximum Gasteiger partial charge on any atom is 0.110 e. The zero-order valence-corrected chi connectivity index (χ0v) is 11.2. The molecular formula is C10H14Cl3N3. The normalized spacial score (nSPS) is 9.69. The van der Waals surface area contributed by atoms with E-state index in [1.807, 2.05) is 25.2 Å². The first-order valence-corrected chi connectivity index (χ1v) is 4.91. The Bertz CT molecular complexity index is 468. The summed E-state index contributed by atoms with van der Waals surface area (Å²) in [6.07, 6.45) is 0.794. The summed E-state index contributed by atoms with van der Waals surface area (Å²) in [6, 6.07) is 5.72. The van der Waals surface area contributed by atoms with Crippen LogP contribution in [0.4, 0.5) is 0 Å². The third-order valence-corrected chi connectivity index (χ3v) is 2.54. The fourth-order valence-electron chi connectivity index (χ4n) is 1.58. The van der Waals surface area contributed by atoms with Crippen molar-refractivity contribution in [3.8, 4) is 0 Å². The summed E-state index contributed by atoms with van der Waals surface area (Å²) in [4.78, 5) is 4.46. The number of aryl methyl sites for hydroxylation is 1. The Morgan fingerprint density at radius 1 is 1.38 bits per heavy atom. The van der Waals surface area contributed by atoms with E-state index in [9.17, 15) is 0 Å². The molecule has 0 saturated carbocycles. The van der Waals surface area contributed by atoms with Crippen molar-refractivity contribution < 1.29 is 0 Å². The molecule has 0 aliphatic rings. The van der Waals surface area contributed by atoms with Gasteiger partial charge in [-0.3, -0.25) is 0 Å². The number of rotatable bonds is 2. The molecule has 0 spiro atoms. The molecule has 0 unspecified atom stereocenters. The lowest BCUT2D eigenvalue weighted by atomic mass is 10.3. The molecule has 0 radical (unpaired) electrons. The minimum absolute atomic E-state index is 0. The van der Waals surface area contributed by atoms with E-state index >= 15 is 0 Å². The number of aromatic nitrogens is 2. The first kappa shape index (κ1) is 15.5. The van der Waals surface area contributed by atoms with Crippen LogP contribution in [0.2, 0.25) is 5.02 Å². The van der Waals surface area contributed by atoms with Crippen molar-refractivity contribution in [1.82, 2.24) is 9.55 Å². The second-order valence-corrected chi connectivity index (χ2v) is 3.70. The van der Waals surface area contributed by atoms with Crippen LogP contribution in [0, 0.1) is 0 Å². The van der Waals surface area contributed by atoms with Crippen LogP contribution in [-0.4, -0.2) is 16.1 Å². The van der Waals surface area contributed by atoms with Gasteiger partial charge >= 0.3 is 0 Å². The molecule has 90 valence electrons. The van der Waals surface area contributed by atoms with Gasteiger partial charge in [0.05, 0.1) is 11.0 Å². The van der Waals surface area contributed by atoms with E-state index < -0.39 is 0 Å². The Morgan fingerprint density at radius 2 is 2.06 bits per heavy atom. The van der Waals surface area contributed by atoms with Gasteiger partial charge in [0.1, 0.15) is 5.82 Å². The predicted molar refractivity (Wildman–Crippen MR) is 73.0 cm³/mol. The van der Waals surface area contributed by atoms with Crippen LogP contribution in [0.1, 0.15) is 5.82 Å². The zero-order valence-electron chi connectivity index (χ0n) is 8.81. The highest BCUT2D eigenvalue weighted by Gasteiger charge is 2.06. The molecule has 2 rings (SSSR count). The zero-order chi connectivity index (χ0) is 10.1. The van der Waals surface area contributed by atoms with Crippen molar-refractivity contribution in [1.29, 1.82) is 0 Å². The molecular weight excluding hydrogens is 268 g/mol. The SMILES string of the molecule is Cl.Cl.Cn1c(CCN)nc2cc(Cl)ccc21. The quantitative estimate of drug-likeness (QED) is 0.920. The van der Waals surface area contributed by atoms with E-state index in [4.69, 9.17) is 17.3 Å². The number of nitrogens with zero attached hydrogens (tertiary/aromatic N) is 2.